The van der Waals surface area contributed by atoms with Gasteiger partial charge in [0.2, 0.25) is 0 Å². The summed E-state index contributed by atoms with van der Waals surface area (Å²) >= 11 is 0. The molecule has 0 aliphatic heterocycles. The summed E-state index contributed by atoms with van der Waals surface area (Å²) in [6.07, 6.45) is 7.13. The third kappa shape index (κ3) is 10.4. The molecule has 4 aromatic carbocycles. The van der Waals surface area contributed by atoms with Crippen molar-refractivity contribution in [1.29, 1.82) is 0 Å². The highest BCUT2D eigenvalue weighted by atomic mass is 16.5. The van der Waals surface area contributed by atoms with Crippen LogP contribution in [0.2, 0.25) is 0 Å². The van der Waals surface area contributed by atoms with Crippen molar-refractivity contribution in [3.05, 3.63) is 121 Å². The molecule has 0 saturated carbocycles. The fraction of sp³-hybridized carbons (Fsp3) is 0.231. The molecule has 0 saturated heterocycles. The Morgan fingerprint density at radius 3 is 1.94 bits per heavy atom. The first-order valence-corrected chi connectivity index (χ1v) is 15.8. The quantitative estimate of drug-likeness (QED) is 0.0485. The van der Waals surface area contributed by atoms with Crippen molar-refractivity contribution in [1.82, 2.24) is 0 Å². The topological polar surface area (TPSA) is 114 Å². The molecule has 0 N–H and O–H groups in total. The van der Waals surface area contributed by atoms with E-state index in [0.717, 1.165) is 60.6 Å². The van der Waals surface area contributed by atoms with Crippen LogP contribution in [-0.2, 0) is 20.7 Å². The largest absolute Gasteiger partial charge is 0.494 e. The van der Waals surface area contributed by atoms with Gasteiger partial charge in [-0.05, 0) is 115 Å². The summed E-state index contributed by atoms with van der Waals surface area (Å²) in [4.78, 5) is 48.5. The summed E-state index contributed by atoms with van der Waals surface area (Å²) in [5, 5.41) is 1.56. The highest BCUT2D eigenvalue weighted by Crippen LogP contribution is 2.28. The number of hydrogen-bond acceptors (Lipinski definition) is 9. The number of ether oxygens (including phenoxy) is 5. The number of carbonyl (C=O) groups excluding carboxylic acids is 4. The second-order valence-electron chi connectivity index (χ2n) is 10.8. The van der Waals surface area contributed by atoms with Crippen molar-refractivity contribution in [3.8, 4) is 23.0 Å². The fourth-order valence-corrected chi connectivity index (χ4v) is 4.75. The third-order valence-corrected chi connectivity index (χ3v) is 7.21. The maximum Gasteiger partial charge on any atom is 0.343 e. The van der Waals surface area contributed by atoms with E-state index in [0.29, 0.717) is 53.8 Å². The Hall–Kier alpha value is -5.70. The molecule has 0 unspecified atom stereocenters. The minimum atomic E-state index is -0.555. The number of rotatable bonds is 17. The van der Waals surface area contributed by atoms with E-state index in [1.54, 1.807) is 78.9 Å². The Balaban J connectivity index is 1.30. The number of esters is 4. The molecule has 0 atom stereocenters. The van der Waals surface area contributed by atoms with E-state index in [4.69, 9.17) is 23.7 Å². The zero-order chi connectivity index (χ0) is 34.3. The average molecular weight is 651 g/mol. The molecule has 0 aliphatic rings. The normalized spacial score (nSPS) is 10.5. The molecule has 0 aliphatic carbocycles. The zero-order valence-electron chi connectivity index (χ0n) is 26.9. The Morgan fingerprint density at radius 1 is 0.604 bits per heavy atom. The van der Waals surface area contributed by atoms with E-state index >= 15 is 0 Å². The predicted octanol–water partition coefficient (Wildman–Crippen LogP) is 7.99. The first kappa shape index (κ1) is 35.2. The van der Waals surface area contributed by atoms with Gasteiger partial charge in [-0.1, -0.05) is 38.6 Å². The molecule has 4 aromatic rings. The maximum absolute atomic E-state index is 13.1. The lowest BCUT2D eigenvalue weighted by atomic mass is 10.1. The van der Waals surface area contributed by atoms with Crippen molar-refractivity contribution in [2.75, 3.05) is 13.2 Å². The molecule has 0 fully saturated rings. The molecule has 9 nitrogen and oxygen atoms in total. The van der Waals surface area contributed by atoms with Gasteiger partial charge in [0.1, 0.15) is 23.0 Å². The fourth-order valence-electron chi connectivity index (χ4n) is 4.75. The number of unbranched alkanes of at least 4 members (excludes halogenated alkanes) is 3. The van der Waals surface area contributed by atoms with Gasteiger partial charge in [0, 0.05) is 12.2 Å². The monoisotopic (exact) mass is 650 g/mol. The number of hydrogen-bond donors (Lipinski definition) is 0. The number of fused-ring (bicyclic) bond motifs is 1. The van der Waals surface area contributed by atoms with Gasteiger partial charge in [0.05, 0.1) is 24.3 Å². The average Bonchev–Trinajstić information content (AvgIpc) is 3.10. The van der Waals surface area contributed by atoms with Crippen LogP contribution in [0.5, 0.6) is 23.0 Å². The van der Waals surface area contributed by atoms with Gasteiger partial charge >= 0.3 is 23.9 Å². The molecule has 48 heavy (non-hydrogen) atoms. The lowest BCUT2D eigenvalue weighted by molar-refractivity contribution is -0.137. The number of benzene rings is 4. The summed E-state index contributed by atoms with van der Waals surface area (Å²) in [7, 11) is 0. The molecule has 0 spiro atoms. The van der Waals surface area contributed by atoms with Crippen LogP contribution < -0.4 is 18.9 Å². The summed E-state index contributed by atoms with van der Waals surface area (Å²) in [6.45, 7) is 9.68. The van der Waals surface area contributed by atoms with Crippen LogP contribution in [-0.4, -0.2) is 37.1 Å². The van der Waals surface area contributed by atoms with E-state index in [-0.39, 0.29) is 0 Å². The van der Waals surface area contributed by atoms with E-state index in [1.807, 2.05) is 6.92 Å². The highest BCUT2D eigenvalue weighted by molar-refractivity contribution is 5.97. The van der Waals surface area contributed by atoms with Gasteiger partial charge in [-0.15, -0.1) is 0 Å². The van der Waals surface area contributed by atoms with Crippen LogP contribution in [0.25, 0.3) is 10.8 Å². The standard InChI is InChI=1S/C39H38O9/c1-4-11-30-26-34(47-38(42)27-14-17-32(18-15-27)44-22-9-7-8-10-23-45-36(40)5-2)20-21-35(30)48-39(43)31-13-12-29-25-33(46-37(41)6-3)19-16-28(29)24-31/h5-6,12-21,24-26H,2-4,7-11,22-23H2,1H3. The van der Waals surface area contributed by atoms with Gasteiger partial charge < -0.3 is 23.7 Å². The molecule has 0 radical (unpaired) electrons. The maximum atomic E-state index is 13.1. The Kier molecular flexibility index (Phi) is 13.1. The van der Waals surface area contributed by atoms with Crippen LogP contribution in [0.15, 0.2) is 104 Å². The van der Waals surface area contributed by atoms with E-state index in [1.165, 1.54) is 0 Å². The summed E-state index contributed by atoms with van der Waals surface area (Å²) in [5.41, 5.74) is 1.45. The van der Waals surface area contributed by atoms with Crippen molar-refractivity contribution < 1.29 is 42.9 Å². The second kappa shape index (κ2) is 17.9. The van der Waals surface area contributed by atoms with Gasteiger partial charge in [0.15, 0.2) is 0 Å². The summed E-state index contributed by atoms with van der Waals surface area (Å²) in [6, 6.07) is 21.8. The van der Waals surface area contributed by atoms with Crippen LogP contribution in [0.1, 0.15) is 65.3 Å². The van der Waals surface area contributed by atoms with Crippen LogP contribution in [0.3, 0.4) is 0 Å². The van der Waals surface area contributed by atoms with Gasteiger partial charge in [-0.2, -0.15) is 0 Å². The molecule has 9 heteroatoms. The van der Waals surface area contributed by atoms with E-state index < -0.39 is 23.9 Å². The van der Waals surface area contributed by atoms with Crippen LogP contribution in [0.4, 0.5) is 0 Å². The molecule has 248 valence electrons. The van der Waals surface area contributed by atoms with Crippen molar-refractivity contribution in [2.24, 2.45) is 0 Å². The first-order chi connectivity index (χ1) is 23.3. The second-order valence-corrected chi connectivity index (χ2v) is 10.8. The highest BCUT2D eigenvalue weighted by Gasteiger charge is 2.16. The van der Waals surface area contributed by atoms with Crippen molar-refractivity contribution in [2.45, 2.75) is 45.4 Å². The molecule has 0 heterocycles. The van der Waals surface area contributed by atoms with E-state index in [2.05, 4.69) is 13.2 Å². The van der Waals surface area contributed by atoms with Crippen molar-refractivity contribution >= 4 is 34.6 Å². The molecular formula is C39H38O9. The lowest BCUT2D eigenvalue weighted by Gasteiger charge is -2.13. The van der Waals surface area contributed by atoms with Gasteiger partial charge in [0.25, 0.3) is 0 Å². The third-order valence-electron chi connectivity index (χ3n) is 7.21. The van der Waals surface area contributed by atoms with Crippen molar-refractivity contribution in [3.63, 3.8) is 0 Å². The SMILES string of the molecule is C=CC(=O)OCCCCCCOc1ccc(C(=O)Oc2ccc(OC(=O)c3ccc4cc(OC(=O)C=C)ccc4c3)c(CCC)c2)cc1. The lowest BCUT2D eigenvalue weighted by Crippen LogP contribution is -2.11. The van der Waals surface area contributed by atoms with Gasteiger partial charge in [-0.3, -0.25) is 0 Å². The van der Waals surface area contributed by atoms with Crippen LogP contribution in [0, 0.1) is 0 Å². The smallest absolute Gasteiger partial charge is 0.343 e. The Bertz CT molecular complexity index is 1770. The minimum Gasteiger partial charge on any atom is -0.494 e. The van der Waals surface area contributed by atoms with Gasteiger partial charge in [-0.25, -0.2) is 19.2 Å². The Labute approximate surface area is 279 Å². The summed E-state index contributed by atoms with van der Waals surface area (Å²) in [5.74, 6) is -0.281. The molecule has 0 amide bonds. The molecule has 0 bridgehead atoms. The molecular weight excluding hydrogens is 612 g/mol. The zero-order valence-corrected chi connectivity index (χ0v) is 26.9. The van der Waals surface area contributed by atoms with Crippen LogP contribution >= 0.6 is 0 Å². The van der Waals surface area contributed by atoms with E-state index in [9.17, 15) is 19.2 Å². The number of carbonyl (C=O) groups is 4. The molecule has 0 aromatic heterocycles. The number of aryl methyl sites for hydroxylation is 1. The first-order valence-electron chi connectivity index (χ1n) is 15.8. The predicted molar refractivity (Wildman–Crippen MR) is 182 cm³/mol. The Morgan fingerprint density at radius 2 is 1.21 bits per heavy atom. The molecule has 4 rings (SSSR count). The minimum absolute atomic E-state index is 0.335. The summed E-state index contributed by atoms with van der Waals surface area (Å²) < 4.78 is 27.3.